The highest BCUT2D eigenvalue weighted by atomic mass is 16.6. The Morgan fingerprint density at radius 1 is 1.20 bits per heavy atom. The predicted octanol–water partition coefficient (Wildman–Crippen LogP) is 1.40. The zero-order valence-corrected chi connectivity index (χ0v) is 12.1. The van der Waals surface area contributed by atoms with E-state index in [2.05, 4.69) is 16.2 Å². The summed E-state index contributed by atoms with van der Waals surface area (Å²) in [7, 11) is 0. The normalized spacial score (nSPS) is 25.9. The van der Waals surface area contributed by atoms with Gasteiger partial charge in [0.15, 0.2) is 0 Å². The Bertz CT molecular complexity index is 368. The second-order valence-electron chi connectivity index (χ2n) is 5.87. The van der Waals surface area contributed by atoms with E-state index in [4.69, 9.17) is 9.47 Å². The highest BCUT2D eigenvalue weighted by Crippen LogP contribution is 2.21. The van der Waals surface area contributed by atoms with Gasteiger partial charge in [-0.1, -0.05) is 0 Å². The maximum atomic E-state index is 5.73. The summed E-state index contributed by atoms with van der Waals surface area (Å²) in [5.74, 6) is 0.846. The van der Waals surface area contributed by atoms with Crippen molar-refractivity contribution >= 4 is 0 Å². The van der Waals surface area contributed by atoms with Gasteiger partial charge in [0.25, 0.3) is 0 Å². The van der Waals surface area contributed by atoms with Gasteiger partial charge in [-0.05, 0) is 44.3 Å². The fourth-order valence-corrected chi connectivity index (χ4v) is 3.14. The van der Waals surface area contributed by atoms with E-state index in [1.54, 1.807) is 0 Å². The van der Waals surface area contributed by atoms with Crippen LogP contribution in [-0.4, -0.2) is 60.2 Å². The molecule has 0 bridgehead atoms. The summed E-state index contributed by atoms with van der Waals surface area (Å²) in [4.78, 5) is 2.53. The largest absolute Gasteiger partial charge is 0.376 e. The molecule has 2 aliphatic heterocycles. The summed E-state index contributed by atoms with van der Waals surface area (Å²) in [6, 6.07) is 1.99. The van der Waals surface area contributed by atoms with Crippen molar-refractivity contribution in [2.24, 2.45) is 5.92 Å². The van der Waals surface area contributed by atoms with Crippen LogP contribution in [0.1, 0.15) is 19.3 Å². The lowest BCUT2D eigenvalue weighted by Gasteiger charge is -2.35. The van der Waals surface area contributed by atoms with Crippen LogP contribution in [0.25, 0.3) is 0 Å². The third kappa shape index (κ3) is 4.04. The van der Waals surface area contributed by atoms with Gasteiger partial charge >= 0.3 is 0 Å². The highest BCUT2D eigenvalue weighted by molar-refractivity contribution is 4.79. The van der Waals surface area contributed by atoms with Crippen LogP contribution in [0.3, 0.4) is 0 Å². The van der Waals surface area contributed by atoms with Crippen molar-refractivity contribution in [2.75, 3.05) is 39.5 Å². The standard InChI is InChI=1S/C15H25N3O2/c1-5-16-18(6-1)9-4-14-2-7-17(8-3-14)12-15-13-19-10-11-20-15/h1,5-6,14-15H,2-4,7-13H2/t15-/m0/s1. The van der Waals surface area contributed by atoms with E-state index in [0.717, 1.165) is 38.8 Å². The number of hydrogen-bond donors (Lipinski definition) is 0. The lowest BCUT2D eigenvalue weighted by molar-refractivity contribution is -0.0993. The van der Waals surface area contributed by atoms with Crippen LogP contribution < -0.4 is 0 Å². The van der Waals surface area contributed by atoms with Crippen molar-refractivity contribution in [3.05, 3.63) is 18.5 Å². The quantitative estimate of drug-likeness (QED) is 0.817. The van der Waals surface area contributed by atoms with Crippen LogP contribution in [0, 0.1) is 5.92 Å². The van der Waals surface area contributed by atoms with Gasteiger partial charge in [-0.2, -0.15) is 5.10 Å². The van der Waals surface area contributed by atoms with Gasteiger partial charge in [0.05, 0.1) is 25.9 Å². The molecule has 0 aromatic carbocycles. The molecular weight excluding hydrogens is 254 g/mol. The fourth-order valence-electron chi connectivity index (χ4n) is 3.14. The van der Waals surface area contributed by atoms with Gasteiger partial charge in [-0.25, -0.2) is 0 Å². The second kappa shape index (κ2) is 7.20. The summed E-state index contributed by atoms with van der Waals surface area (Å²) < 4.78 is 13.2. The minimum absolute atomic E-state index is 0.282. The van der Waals surface area contributed by atoms with Gasteiger partial charge in [0.1, 0.15) is 0 Å². The monoisotopic (exact) mass is 279 g/mol. The van der Waals surface area contributed by atoms with Gasteiger partial charge in [0.2, 0.25) is 0 Å². The maximum Gasteiger partial charge on any atom is 0.0936 e. The summed E-state index contributed by atoms with van der Waals surface area (Å²) >= 11 is 0. The SMILES string of the molecule is c1cnn(CCC2CCN(C[C@H]3COCCO3)CC2)c1. The van der Waals surface area contributed by atoms with Crippen LogP contribution in [0.2, 0.25) is 0 Å². The number of aryl methyl sites for hydroxylation is 1. The average molecular weight is 279 g/mol. The Balaban J connectivity index is 1.34. The molecule has 2 saturated heterocycles. The molecular formula is C15H25N3O2. The lowest BCUT2D eigenvalue weighted by Crippen LogP contribution is -2.43. The number of aromatic nitrogens is 2. The highest BCUT2D eigenvalue weighted by Gasteiger charge is 2.23. The number of piperidine rings is 1. The number of rotatable bonds is 5. The van der Waals surface area contributed by atoms with E-state index in [-0.39, 0.29) is 6.10 Å². The van der Waals surface area contributed by atoms with Gasteiger partial charge in [-0.3, -0.25) is 4.68 Å². The molecule has 1 aromatic heterocycles. The Hall–Kier alpha value is -0.910. The first-order valence-electron chi connectivity index (χ1n) is 7.79. The summed E-state index contributed by atoms with van der Waals surface area (Å²) in [6.45, 7) is 6.76. The average Bonchev–Trinajstić information content (AvgIpc) is 3.01. The van der Waals surface area contributed by atoms with Crippen molar-refractivity contribution in [1.29, 1.82) is 0 Å². The molecule has 0 aliphatic carbocycles. The van der Waals surface area contributed by atoms with E-state index in [0.29, 0.717) is 0 Å². The topological polar surface area (TPSA) is 39.5 Å². The second-order valence-corrected chi connectivity index (χ2v) is 5.87. The number of ether oxygens (including phenoxy) is 2. The molecule has 0 unspecified atom stereocenters. The van der Waals surface area contributed by atoms with Gasteiger partial charge in [-0.15, -0.1) is 0 Å². The van der Waals surface area contributed by atoms with E-state index in [9.17, 15) is 0 Å². The molecule has 5 nitrogen and oxygen atoms in total. The Morgan fingerprint density at radius 2 is 2.10 bits per heavy atom. The number of hydrogen-bond acceptors (Lipinski definition) is 4. The van der Waals surface area contributed by atoms with Crippen LogP contribution >= 0.6 is 0 Å². The molecule has 0 spiro atoms. The molecule has 3 heterocycles. The van der Waals surface area contributed by atoms with Gasteiger partial charge < -0.3 is 14.4 Å². The molecule has 3 rings (SSSR count). The Kier molecular flexibility index (Phi) is 5.06. The third-order valence-electron chi connectivity index (χ3n) is 4.38. The van der Waals surface area contributed by atoms with Crippen molar-refractivity contribution < 1.29 is 9.47 Å². The van der Waals surface area contributed by atoms with Crippen LogP contribution in [0.4, 0.5) is 0 Å². The van der Waals surface area contributed by atoms with E-state index >= 15 is 0 Å². The molecule has 1 atom stereocenters. The molecule has 0 amide bonds. The summed E-state index contributed by atoms with van der Waals surface area (Å²) in [5, 5.41) is 4.27. The van der Waals surface area contributed by atoms with E-state index < -0.39 is 0 Å². The minimum Gasteiger partial charge on any atom is -0.376 e. The molecule has 0 N–H and O–H groups in total. The Morgan fingerprint density at radius 3 is 2.80 bits per heavy atom. The molecule has 2 fully saturated rings. The Labute approximate surface area is 120 Å². The molecule has 0 saturated carbocycles. The molecule has 0 radical (unpaired) electrons. The number of likely N-dealkylation sites (tertiary alicyclic amines) is 1. The number of nitrogens with zero attached hydrogens (tertiary/aromatic N) is 3. The summed E-state index contributed by atoms with van der Waals surface area (Å²) in [5.41, 5.74) is 0. The fraction of sp³-hybridized carbons (Fsp3) is 0.800. The molecule has 20 heavy (non-hydrogen) atoms. The molecule has 1 aromatic rings. The van der Waals surface area contributed by atoms with Crippen molar-refractivity contribution in [2.45, 2.75) is 31.9 Å². The molecule has 2 aliphatic rings. The first-order valence-corrected chi connectivity index (χ1v) is 7.79. The first kappa shape index (κ1) is 14.0. The van der Waals surface area contributed by atoms with Gasteiger partial charge in [0, 0.05) is 25.5 Å². The molecule has 112 valence electrons. The lowest BCUT2D eigenvalue weighted by atomic mass is 9.93. The van der Waals surface area contributed by atoms with E-state index in [1.807, 2.05) is 16.9 Å². The van der Waals surface area contributed by atoms with E-state index in [1.165, 1.54) is 32.4 Å². The predicted molar refractivity (Wildman–Crippen MR) is 76.6 cm³/mol. The molecule has 5 heteroatoms. The third-order valence-corrected chi connectivity index (χ3v) is 4.38. The van der Waals surface area contributed by atoms with Crippen molar-refractivity contribution in [3.63, 3.8) is 0 Å². The maximum absolute atomic E-state index is 5.73. The minimum atomic E-state index is 0.282. The zero-order chi connectivity index (χ0) is 13.6. The smallest absolute Gasteiger partial charge is 0.0936 e. The van der Waals surface area contributed by atoms with Crippen LogP contribution in [0.5, 0.6) is 0 Å². The first-order chi connectivity index (χ1) is 9.90. The van der Waals surface area contributed by atoms with Crippen molar-refractivity contribution in [1.82, 2.24) is 14.7 Å². The van der Waals surface area contributed by atoms with Crippen molar-refractivity contribution in [3.8, 4) is 0 Å². The van der Waals surface area contributed by atoms with Crippen LogP contribution in [0.15, 0.2) is 18.5 Å². The van der Waals surface area contributed by atoms with Crippen LogP contribution in [-0.2, 0) is 16.0 Å². The zero-order valence-electron chi connectivity index (χ0n) is 12.1. The summed E-state index contributed by atoms with van der Waals surface area (Å²) in [6.07, 6.45) is 8.04.